The SMILES string of the molecule is CCC(C)CCCCCCCCC(=O)OC[C@H](COP(=O)(O)OC[C@@H](O)COP(=O)(O)OC[C@@H](COC(=O)CCCCCCCCC(C)C)OC(=O)CCCCCCCCC(C)CC)OC(=O)CCCCCCCCC(C)CC. The van der Waals surface area contributed by atoms with Crippen LogP contribution < -0.4 is 0 Å². The van der Waals surface area contributed by atoms with E-state index in [0.717, 1.165) is 120 Å². The van der Waals surface area contributed by atoms with Crippen molar-refractivity contribution in [2.45, 2.75) is 298 Å². The van der Waals surface area contributed by atoms with Crippen molar-refractivity contribution < 1.29 is 80.2 Å². The summed E-state index contributed by atoms with van der Waals surface area (Å²) in [5.74, 6) is 0.699. The van der Waals surface area contributed by atoms with E-state index >= 15 is 0 Å². The Morgan fingerprint density at radius 2 is 0.608 bits per heavy atom. The van der Waals surface area contributed by atoms with E-state index in [4.69, 9.17) is 37.0 Å². The lowest BCUT2D eigenvalue weighted by atomic mass is 10.00. The maximum absolute atomic E-state index is 12.9. The average Bonchev–Trinajstić information content (AvgIpc) is 3.41. The lowest BCUT2D eigenvalue weighted by Crippen LogP contribution is -2.30. The van der Waals surface area contributed by atoms with Crippen molar-refractivity contribution in [3.8, 4) is 0 Å². The Labute approximate surface area is 479 Å². The van der Waals surface area contributed by atoms with Crippen LogP contribution in [0.1, 0.15) is 280 Å². The highest BCUT2D eigenvalue weighted by molar-refractivity contribution is 7.47. The third kappa shape index (κ3) is 51.4. The summed E-state index contributed by atoms with van der Waals surface area (Å²) in [5.41, 5.74) is 0. The Bertz CT molecular complexity index is 1600. The molecular formula is C60H116O17P2. The molecule has 0 aromatic rings. The summed E-state index contributed by atoms with van der Waals surface area (Å²) in [6, 6.07) is 0. The second kappa shape index (κ2) is 50.6. The number of esters is 4. The van der Waals surface area contributed by atoms with Gasteiger partial charge >= 0.3 is 39.5 Å². The lowest BCUT2D eigenvalue weighted by molar-refractivity contribution is -0.161. The Kier molecular flexibility index (Phi) is 49.3. The normalized spacial score (nSPS) is 15.6. The lowest BCUT2D eigenvalue weighted by Gasteiger charge is -2.21. The van der Waals surface area contributed by atoms with Crippen molar-refractivity contribution in [3.05, 3.63) is 0 Å². The molecule has 79 heavy (non-hydrogen) atoms. The van der Waals surface area contributed by atoms with Gasteiger partial charge in [0.1, 0.15) is 19.3 Å². The molecule has 0 heterocycles. The van der Waals surface area contributed by atoms with E-state index < -0.39 is 97.5 Å². The largest absolute Gasteiger partial charge is 0.472 e. The molecule has 468 valence electrons. The first-order valence-corrected chi connectivity index (χ1v) is 34.3. The Morgan fingerprint density at radius 3 is 0.899 bits per heavy atom. The van der Waals surface area contributed by atoms with Gasteiger partial charge in [0.25, 0.3) is 0 Å². The van der Waals surface area contributed by atoms with Gasteiger partial charge in [-0.25, -0.2) is 9.13 Å². The van der Waals surface area contributed by atoms with Crippen molar-refractivity contribution >= 4 is 39.5 Å². The van der Waals surface area contributed by atoms with Crippen LogP contribution in [0.4, 0.5) is 0 Å². The Morgan fingerprint density at radius 1 is 0.354 bits per heavy atom. The first kappa shape index (κ1) is 77.1. The standard InChI is InChI=1S/C60H116O17P2/c1-9-51(6)37-29-21-13-17-25-33-41-58(63)71-47-56(77-60(65)43-35-27-19-15-23-31-39-53(8)11-3)49-75-79(68,69)73-45-54(61)44-72-78(66,67)74-48-55(46-70-57(62)40-32-24-16-12-20-28-36-50(4)5)76-59(64)42-34-26-18-14-22-30-38-52(7)10-2/h50-56,61H,9-49H2,1-8H3,(H,66,67)(H,68,69)/t51?,52?,53?,54-,55+,56+/m0/s1. The molecule has 0 aromatic carbocycles. The molecule has 0 saturated heterocycles. The highest BCUT2D eigenvalue weighted by atomic mass is 31.2. The van der Waals surface area contributed by atoms with Crippen molar-refractivity contribution in [3.63, 3.8) is 0 Å². The first-order valence-electron chi connectivity index (χ1n) is 31.3. The number of rotatable bonds is 57. The summed E-state index contributed by atoms with van der Waals surface area (Å²) in [4.78, 5) is 72.0. The van der Waals surface area contributed by atoms with Crippen LogP contribution in [0.15, 0.2) is 0 Å². The zero-order valence-electron chi connectivity index (χ0n) is 51.0. The van der Waals surface area contributed by atoms with Crippen LogP contribution in [0.3, 0.4) is 0 Å². The molecule has 0 amide bonds. The minimum atomic E-state index is -4.94. The molecule has 5 unspecified atom stereocenters. The summed E-state index contributed by atoms with van der Waals surface area (Å²) in [6.45, 7) is 13.8. The van der Waals surface area contributed by atoms with Crippen LogP contribution in [0.25, 0.3) is 0 Å². The summed E-state index contributed by atoms with van der Waals surface area (Å²) < 4.78 is 67.8. The number of unbranched alkanes of at least 4 members (excludes halogenated alkanes) is 20. The van der Waals surface area contributed by atoms with Crippen molar-refractivity contribution in [1.29, 1.82) is 0 Å². The zero-order chi connectivity index (χ0) is 59.0. The van der Waals surface area contributed by atoms with Gasteiger partial charge in [-0.3, -0.25) is 37.3 Å². The van der Waals surface area contributed by atoms with Crippen LogP contribution in [-0.4, -0.2) is 96.7 Å². The summed E-state index contributed by atoms with van der Waals surface area (Å²) in [7, 11) is -9.88. The smallest absolute Gasteiger partial charge is 0.462 e. The molecule has 8 atom stereocenters. The fourth-order valence-corrected chi connectivity index (χ4v) is 10.2. The fourth-order valence-electron chi connectivity index (χ4n) is 8.62. The van der Waals surface area contributed by atoms with E-state index in [2.05, 4.69) is 55.4 Å². The molecule has 0 bridgehead atoms. The van der Waals surface area contributed by atoms with Crippen molar-refractivity contribution in [2.24, 2.45) is 23.7 Å². The van der Waals surface area contributed by atoms with Crippen LogP contribution in [0, 0.1) is 23.7 Å². The minimum absolute atomic E-state index is 0.101. The Balaban J connectivity index is 5.27. The van der Waals surface area contributed by atoms with Gasteiger partial charge in [-0.05, 0) is 49.4 Å². The second-order valence-electron chi connectivity index (χ2n) is 22.9. The van der Waals surface area contributed by atoms with Gasteiger partial charge in [0.15, 0.2) is 12.2 Å². The average molecular weight is 1170 g/mol. The number of carbonyl (C=O) groups is 4. The predicted octanol–water partition coefficient (Wildman–Crippen LogP) is 15.8. The quantitative estimate of drug-likeness (QED) is 0.0222. The number of phosphoric ester groups is 2. The number of hydrogen-bond acceptors (Lipinski definition) is 15. The number of aliphatic hydroxyl groups excluding tert-OH is 1. The van der Waals surface area contributed by atoms with Gasteiger partial charge in [0.05, 0.1) is 26.4 Å². The molecular weight excluding hydrogens is 1050 g/mol. The molecule has 3 N–H and O–H groups in total. The zero-order valence-corrected chi connectivity index (χ0v) is 52.8. The molecule has 0 aliphatic carbocycles. The monoisotopic (exact) mass is 1170 g/mol. The highest BCUT2D eigenvalue weighted by Gasteiger charge is 2.30. The number of carbonyl (C=O) groups excluding carboxylic acids is 4. The fraction of sp³-hybridized carbons (Fsp3) is 0.933. The third-order valence-corrected chi connectivity index (χ3v) is 16.6. The first-order chi connectivity index (χ1) is 37.7. The molecule has 19 heteroatoms. The van der Waals surface area contributed by atoms with Gasteiger partial charge < -0.3 is 33.8 Å². The highest BCUT2D eigenvalue weighted by Crippen LogP contribution is 2.45. The van der Waals surface area contributed by atoms with E-state index in [1.54, 1.807) is 0 Å². The van der Waals surface area contributed by atoms with Crippen LogP contribution in [0.2, 0.25) is 0 Å². The van der Waals surface area contributed by atoms with E-state index in [9.17, 15) is 43.2 Å². The molecule has 0 aliphatic rings. The minimum Gasteiger partial charge on any atom is -0.462 e. The van der Waals surface area contributed by atoms with Crippen LogP contribution in [-0.2, 0) is 65.4 Å². The Hall–Kier alpha value is -1.94. The van der Waals surface area contributed by atoms with Gasteiger partial charge in [-0.15, -0.1) is 0 Å². The topological polar surface area (TPSA) is 237 Å². The van der Waals surface area contributed by atoms with Gasteiger partial charge in [0.2, 0.25) is 0 Å². The summed E-state index contributed by atoms with van der Waals surface area (Å²) >= 11 is 0. The molecule has 0 saturated carbocycles. The van der Waals surface area contributed by atoms with Gasteiger partial charge in [-0.2, -0.15) is 0 Å². The molecule has 0 fully saturated rings. The summed E-state index contributed by atoms with van der Waals surface area (Å²) in [5, 5.41) is 10.5. The van der Waals surface area contributed by atoms with Gasteiger partial charge in [0, 0.05) is 25.7 Å². The van der Waals surface area contributed by atoms with E-state index in [1.807, 2.05) is 0 Å². The molecule has 0 aliphatic heterocycles. The summed E-state index contributed by atoms with van der Waals surface area (Å²) in [6.07, 6.45) is 28.3. The van der Waals surface area contributed by atoms with E-state index in [0.29, 0.717) is 31.6 Å². The molecule has 0 rings (SSSR count). The molecule has 0 spiro atoms. The maximum Gasteiger partial charge on any atom is 0.472 e. The predicted molar refractivity (Wildman–Crippen MR) is 312 cm³/mol. The number of phosphoric acid groups is 2. The van der Waals surface area contributed by atoms with Crippen molar-refractivity contribution in [1.82, 2.24) is 0 Å². The van der Waals surface area contributed by atoms with Crippen molar-refractivity contribution in [2.75, 3.05) is 39.6 Å². The van der Waals surface area contributed by atoms with Crippen LogP contribution >= 0.6 is 15.6 Å². The van der Waals surface area contributed by atoms with E-state index in [1.165, 1.54) is 70.6 Å². The van der Waals surface area contributed by atoms with E-state index in [-0.39, 0.29) is 25.7 Å². The molecule has 17 nitrogen and oxygen atoms in total. The third-order valence-electron chi connectivity index (χ3n) is 14.7. The maximum atomic E-state index is 12.9. The molecule has 0 aromatic heterocycles. The second-order valence-corrected chi connectivity index (χ2v) is 25.8. The molecule has 0 radical (unpaired) electrons. The van der Waals surface area contributed by atoms with Crippen LogP contribution in [0.5, 0.6) is 0 Å². The van der Waals surface area contributed by atoms with Gasteiger partial charge in [-0.1, -0.05) is 229 Å². The number of hydrogen-bond donors (Lipinski definition) is 3. The number of aliphatic hydroxyl groups is 1. The number of ether oxygens (including phenoxy) is 4.